The van der Waals surface area contributed by atoms with Gasteiger partial charge in [0.05, 0.1) is 26.8 Å². The molecule has 8 nitrogen and oxygen atoms in total. The van der Waals surface area contributed by atoms with Crippen LogP contribution in [0.25, 0.3) is 0 Å². The van der Waals surface area contributed by atoms with Crippen molar-refractivity contribution in [3.63, 3.8) is 0 Å². The maximum Gasteiger partial charge on any atom is 0.308 e. The van der Waals surface area contributed by atoms with Crippen LogP contribution in [0.2, 0.25) is 0 Å². The number of methoxy groups -OCH3 is 2. The molecule has 0 spiro atoms. The molecule has 184 valence electrons. The summed E-state index contributed by atoms with van der Waals surface area (Å²) in [7, 11) is 2.99. The summed E-state index contributed by atoms with van der Waals surface area (Å²) >= 11 is 0. The molecule has 0 saturated carbocycles. The van der Waals surface area contributed by atoms with Gasteiger partial charge in [0, 0.05) is 18.1 Å². The molecule has 1 heterocycles. The molecule has 0 saturated heterocycles. The second-order valence-corrected chi connectivity index (χ2v) is 8.82. The number of halogens is 1. The Balaban J connectivity index is 1.63. The minimum atomic E-state index is -0.981. The summed E-state index contributed by atoms with van der Waals surface area (Å²) in [5, 5.41) is 18.6. The monoisotopic (exact) mass is 481 g/mol. The number of ether oxygens (including phenoxy) is 2. The normalized spacial score (nSPS) is 18.7. The van der Waals surface area contributed by atoms with Crippen molar-refractivity contribution >= 4 is 17.7 Å². The van der Waals surface area contributed by atoms with Gasteiger partial charge in [-0.25, -0.2) is 4.39 Å². The number of rotatable bonds is 9. The molecule has 1 amide bonds. The summed E-state index contributed by atoms with van der Waals surface area (Å²) in [5.41, 5.74) is 3.22. The molecular formula is C26H28FN3O5. The summed E-state index contributed by atoms with van der Waals surface area (Å²) < 4.78 is 25.2. The number of fused-ring (bicyclic) bond motifs is 1. The average Bonchev–Trinajstić information content (AvgIpc) is 3.41. The standard InChI is InChI=1S/C26H28FN3O5/c1-14-18(8-15-9-22(34-2)21(13-26(32)33)23(10-15)35-3)17-5-4-16(27)11-20(17)19(14)12-25(31)29-24-6-7-28-30-24/h4-7,9-11,14,18-19H,8,12-13H2,1-3H3,(H,32,33)(H2,28,29,30,31). The van der Waals surface area contributed by atoms with E-state index in [4.69, 9.17) is 9.47 Å². The molecule has 1 aliphatic carbocycles. The number of amides is 1. The van der Waals surface area contributed by atoms with E-state index in [2.05, 4.69) is 22.4 Å². The van der Waals surface area contributed by atoms with Crippen LogP contribution in [-0.4, -0.2) is 41.4 Å². The summed E-state index contributed by atoms with van der Waals surface area (Å²) in [6, 6.07) is 10.1. The number of hydrogen-bond donors (Lipinski definition) is 3. The highest BCUT2D eigenvalue weighted by molar-refractivity contribution is 5.90. The Labute approximate surface area is 202 Å². The van der Waals surface area contributed by atoms with E-state index in [1.807, 2.05) is 12.1 Å². The van der Waals surface area contributed by atoms with E-state index >= 15 is 0 Å². The molecule has 1 aromatic heterocycles. The van der Waals surface area contributed by atoms with Gasteiger partial charge in [-0.15, -0.1) is 0 Å². The predicted octanol–water partition coefficient (Wildman–Crippen LogP) is 4.28. The molecule has 0 aliphatic heterocycles. The number of benzene rings is 2. The maximum absolute atomic E-state index is 14.2. The smallest absolute Gasteiger partial charge is 0.308 e. The minimum Gasteiger partial charge on any atom is -0.496 e. The lowest BCUT2D eigenvalue weighted by Crippen LogP contribution is -2.19. The number of aromatic nitrogens is 2. The summed E-state index contributed by atoms with van der Waals surface area (Å²) in [6.45, 7) is 2.07. The Hall–Kier alpha value is -3.88. The van der Waals surface area contributed by atoms with Crippen molar-refractivity contribution in [3.05, 3.63) is 70.7 Å². The van der Waals surface area contributed by atoms with Crippen LogP contribution in [0.4, 0.5) is 10.2 Å². The van der Waals surface area contributed by atoms with Crippen molar-refractivity contribution in [2.24, 2.45) is 5.92 Å². The largest absolute Gasteiger partial charge is 0.496 e. The number of nitrogens with zero attached hydrogens (tertiary/aromatic N) is 1. The van der Waals surface area contributed by atoms with Gasteiger partial charge in [0.25, 0.3) is 0 Å². The van der Waals surface area contributed by atoms with Crippen LogP contribution in [-0.2, 0) is 22.4 Å². The number of carbonyl (C=O) groups excluding carboxylic acids is 1. The van der Waals surface area contributed by atoms with Crippen molar-refractivity contribution in [2.75, 3.05) is 19.5 Å². The number of H-pyrrole nitrogens is 1. The van der Waals surface area contributed by atoms with E-state index in [1.54, 1.807) is 18.3 Å². The quantitative estimate of drug-likeness (QED) is 0.420. The fraction of sp³-hybridized carbons (Fsp3) is 0.346. The van der Waals surface area contributed by atoms with Crippen molar-refractivity contribution in [1.82, 2.24) is 10.2 Å². The van der Waals surface area contributed by atoms with Crippen LogP contribution in [0.5, 0.6) is 11.5 Å². The Kier molecular flexibility index (Phi) is 7.04. The minimum absolute atomic E-state index is 0.0234. The molecule has 0 fully saturated rings. The first-order valence-electron chi connectivity index (χ1n) is 11.3. The molecular weight excluding hydrogens is 453 g/mol. The first-order chi connectivity index (χ1) is 16.8. The van der Waals surface area contributed by atoms with Crippen molar-refractivity contribution < 1.29 is 28.6 Å². The van der Waals surface area contributed by atoms with Gasteiger partial charge in [-0.2, -0.15) is 5.10 Å². The number of nitrogens with one attached hydrogen (secondary N) is 2. The molecule has 0 radical (unpaired) electrons. The highest BCUT2D eigenvalue weighted by Crippen LogP contribution is 2.50. The van der Waals surface area contributed by atoms with Gasteiger partial charge in [0.2, 0.25) is 5.91 Å². The van der Waals surface area contributed by atoms with Gasteiger partial charge >= 0.3 is 5.97 Å². The van der Waals surface area contributed by atoms with E-state index in [9.17, 15) is 19.1 Å². The van der Waals surface area contributed by atoms with E-state index in [1.165, 1.54) is 26.4 Å². The van der Waals surface area contributed by atoms with E-state index in [-0.39, 0.29) is 42.3 Å². The molecule has 3 aromatic rings. The highest BCUT2D eigenvalue weighted by atomic mass is 19.1. The van der Waals surface area contributed by atoms with Gasteiger partial charge in [-0.3, -0.25) is 14.7 Å². The first kappa shape index (κ1) is 24.3. The molecule has 4 rings (SSSR count). The third-order valence-corrected chi connectivity index (χ3v) is 6.75. The number of aromatic amines is 1. The van der Waals surface area contributed by atoms with E-state index < -0.39 is 5.97 Å². The Bertz CT molecular complexity index is 1200. The summed E-state index contributed by atoms with van der Waals surface area (Å²) in [6.07, 6.45) is 2.14. The van der Waals surface area contributed by atoms with Crippen LogP contribution >= 0.6 is 0 Å². The Morgan fingerprint density at radius 2 is 1.80 bits per heavy atom. The second kappa shape index (κ2) is 10.2. The van der Waals surface area contributed by atoms with Gasteiger partial charge in [-0.1, -0.05) is 13.0 Å². The lowest BCUT2D eigenvalue weighted by Gasteiger charge is -2.22. The zero-order valence-electron chi connectivity index (χ0n) is 19.8. The first-order valence-corrected chi connectivity index (χ1v) is 11.3. The maximum atomic E-state index is 14.2. The number of carbonyl (C=O) groups is 2. The third kappa shape index (κ3) is 5.13. The number of anilines is 1. The number of aliphatic carboxylic acids is 1. The number of carboxylic acids is 1. The van der Waals surface area contributed by atoms with Crippen molar-refractivity contribution in [3.8, 4) is 11.5 Å². The molecule has 9 heteroatoms. The van der Waals surface area contributed by atoms with Crippen LogP contribution < -0.4 is 14.8 Å². The molecule has 3 N–H and O–H groups in total. The van der Waals surface area contributed by atoms with Gasteiger partial charge in [-0.05, 0) is 65.1 Å². The Morgan fingerprint density at radius 3 is 2.40 bits per heavy atom. The Morgan fingerprint density at radius 1 is 1.09 bits per heavy atom. The van der Waals surface area contributed by atoms with E-state index in [0.29, 0.717) is 29.3 Å². The zero-order valence-corrected chi connectivity index (χ0v) is 19.8. The topological polar surface area (TPSA) is 114 Å². The lowest BCUT2D eigenvalue weighted by atomic mass is 9.83. The molecule has 0 bridgehead atoms. The van der Waals surface area contributed by atoms with Crippen molar-refractivity contribution in [1.29, 1.82) is 0 Å². The fourth-order valence-electron chi connectivity index (χ4n) is 5.11. The van der Waals surface area contributed by atoms with Gasteiger partial charge in [0.15, 0.2) is 0 Å². The lowest BCUT2D eigenvalue weighted by molar-refractivity contribution is -0.136. The van der Waals surface area contributed by atoms with Crippen LogP contribution in [0, 0.1) is 11.7 Å². The summed E-state index contributed by atoms with van der Waals surface area (Å²) in [4.78, 5) is 24.1. The van der Waals surface area contributed by atoms with E-state index in [0.717, 1.165) is 16.7 Å². The predicted molar refractivity (Wildman–Crippen MR) is 127 cm³/mol. The molecule has 35 heavy (non-hydrogen) atoms. The molecule has 1 aliphatic rings. The fourth-order valence-corrected chi connectivity index (χ4v) is 5.11. The highest BCUT2D eigenvalue weighted by Gasteiger charge is 2.39. The molecule has 3 atom stereocenters. The second-order valence-electron chi connectivity index (χ2n) is 8.82. The van der Waals surface area contributed by atoms with Crippen LogP contribution in [0.15, 0.2) is 42.6 Å². The number of carboxylic acid groups (broad SMARTS) is 1. The number of hydrogen-bond acceptors (Lipinski definition) is 5. The van der Waals surface area contributed by atoms with Crippen LogP contribution in [0.3, 0.4) is 0 Å². The average molecular weight is 482 g/mol. The van der Waals surface area contributed by atoms with Crippen molar-refractivity contribution in [2.45, 2.75) is 38.0 Å². The molecule has 3 unspecified atom stereocenters. The summed E-state index contributed by atoms with van der Waals surface area (Å²) in [5.74, 6) is -0.179. The SMILES string of the molecule is COc1cc(CC2c3ccc(F)cc3C(CC(=O)Nc3ccn[nH]3)C2C)cc(OC)c1CC(=O)O. The van der Waals surface area contributed by atoms with Gasteiger partial charge in [0.1, 0.15) is 23.1 Å². The molecule has 2 aromatic carbocycles. The van der Waals surface area contributed by atoms with Crippen LogP contribution in [0.1, 0.15) is 47.4 Å². The van der Waals surface area contributed by atoms with Gasteiger partial charge < -0.3 is 19.9 Å². The third-order valence-electron chi connectivity index (χ3n) is 6.75. The zero-order chi connectivity index (χ0) is 25.1.